The molecule has 130 valence electrons. The van der Waals surface area contributed by atoms with Crippen LogP contribution in [0.4, 0.5) is 0 Å². The number of esters is 1. The van der Waals surface area contributed by atoms with Gasteiger partial charge in [-0.25, -0.2) is 0 Å². The van der Waals surface area contributed by atoms with Crippen LogP contribution in [0, 0.1) is 11.3 Å². The first-order valence-corrected chi connectivity index (χ1v) is 8.22. The summed E-state index contributed by atoms with van der Waals surface area (Å²) in [6.45, 7) is -0.315. The van der Waals surface area contributed by atoms with Crippen LogP contribution >= 0.6 is 24.0 Å². The fourth-order valence-corrected chi connectivity index (χ4v) is 3.24. The number of carbonyl (C=O) groups excluding carboxylic acids is 2. The number of hydrogen-bond acceptors (Lipinski definition) is 8. The van der Waals surface area contributed by atoms with Gasteiger partial charge in [0.05, 0.1) is 19.1 Å². The largest absolute Gasteiger partial charge is 0.493 e. The van der Waals surface area contributed by atoms with E-state index < -0.39 is 5.97 Å². The van der Waals surface area contributed by atoms with Crippen molar-refractivity contribution < 1.29 is 23.8 Å². The molecule has 1 aromatic rings. The van der Waals surface area contributed by atoms with Crippen molar-refractivity contribution >= 4 is 46.3 Å². The Bertz CT molecular complexity index is 785. The molecule has 0 unspecified atom stereocenters. The van der Waals surface area contributed by atoms with Crippen LogP contribution in [0.15, 0.2) is 23.1 Å². The van der Waals surface area contributed by atoms with Crippen LogP contribution in [0.1, 0.15) is 5.56 Å². The first-order chi connectivity index (χ1) is 12.0. The lowest BCUT2D eigenvalue weighted by Crippen LogP contribution is -2.33. The van der Waals surface area contributed by atoms with E-state index in [0.717, 1.165) is 11.8 Å². The van der Waals surface area contributed by atoms with Crippen LogP contribution < -0.4 is 9.47 Å². The summed E-state index contributed by atoms with van der Waals surface area (Å²) in [5.41, 5.74) is 0.694. The van der Waals surface area contributed by atoms with Gasteiger partial charge in [-0.1, -0.05) is 30.0 Å². The van der Waals surface area contributed by atoms with Gasteiger partial charge in [-0.2, -0.15) is 5.26 Å². The number of hydrogen-bond donors (Lipinski definition) is 0. The molecule has 0 atom stereocenters. The van der Waals surface area contributed by atoms with Gasteiger partial charge < -0.3 is 14.2 Å². The highest BCUT2D eigenvalue weighted by atomic mass is 32.2. The lowest BCUT2D eigenvalue weighted by Gasteiger charge is -2.12. The zero-order valence-corrected chi connectivity index (χ0v) is 15.1. The van der Waals surface area contributed by atoms with E-state index in [1.165, 1.54) is 19.1 Å². The van der Waals surface area contributed by atoms with E-state index in [1.54, 1.807) is 24.3 Å². The molecule has 1 aromatic carbocycles. The molecule has 1 heterocycles. The third kappa shape index (κ3) is 4.49. The van der Waals surface area contributed by atoms with Crippen molar-refractivity contribution in [3.8, 4) is 17.6 Å². The quantitative estimate of drug-likeness (QED) is 0.422. The van der Waals surface area contributed by atoms with Crippen molar-refractivity contribution in [3.63, 3.8) is 0 Å². The second-order valence-electron chi connectivity index (χ2n) is 4.70. The molecule has 1 amide bonds. The molecule has 0 spiro atoms. The van der Waals surface area contributed by atoms with Crippen molar-refractivity contribution in [2.24, 2.45) is 0 Å². The Morgan fingerprint density at radius 2 is 2.16 bits per heavy atom. The summed E-state index contributed by atoms with van der Waals surface area (Å²) in [6.07, 6.45) is 1.65. The molecule has 7 nitrogen and oxygen atoms in total. The lowest BCUT2D eigenvalue weighted by molar-refractivity contribution is -0.143. The van der Waals surface area contributed by atoms with E-state index in [1.807, 2.05) is 6.07 Å². The molecule has 0 N–H and O–H groups in total. The molecule has 0 aromatic heterocycles. The summed E-state index contributed by atoms with van der Waals surface area (Å²) in [5, 5.41) is 8.58. The molecule has 1 saturated heterocycles. The maximum absolute atomic E-state index is 12.4. The summed E-state index contributed by atoms with van der Waals surface area (Å²) in [4.78, 5) is 25.3. The minimum Gasteiger partial charge on any atom is -0.493 e. The molecular weight excluding hydrogens is 364 g/mol. The summed E-state index contributed by atoms with van der Waals surface area (Å²) < 4.78 is 15.3. The number of thioether (sulfide) groups is 1. The van der Waals surface area contributed by atoms with Gasteiger partial charge >= 0.3 is 5.97 Å². The van der Waals surface area contributed by atoms with Crippen molar-refractivity contribution in [1.29, 1.82) is 5.26 Å². The van der Waals surface area contributed by atoms with Crippen LogP contribution in [0.3, 0.4) is 0 Å². The molecule has 1 aliphatic rings. The standard InChI is InChI=1S/C16H14N2O5S2/c1-21-12-7-10(3-4-11(12)23-6-5-17)8-13-15(20)18(16(24)25-13)9-14(19)22-2/h3-4,7-8H,6,9H2,1-2H3/b13-8-. The molecule has 1 aliphatic heterocycles. The normalized spacial score (nSPS) is 15.2. The van der Waals surface area contributed by atoms with Crippen LogP contribution in [0.5, 0.6) is 11.5 Å². The van der Waals surface area contributed by atoms with E-state index in [0.29, 0.717) is 26.3 Å². The predicted molar refractivity (Wildman–Crippen MR) is 96.0 cm³/mol. The second-order valence-corrected chi connectivity index (χ2v) is 6.38. The van der Waals surface area contributed by atoms with Gasteiger partial charge in [0.15, 0.2) is 18.1 Å². The third-order valence-corrected chi connectivity index (χ3v) is 4.54. The number of nitrogens with zero attached hydrogens (tertiary/aromatic N) is 2. The van der Waals surface area contributed by atoms with Gasteiger partial charge in [0.1, 0.15) is 16.9 Å². The SMILES string of the molecule is COC(=O)CN1C(=O)/C(=C/c2ccc(OCC#N)c(OC)c2)SC1=S. The molecule has 0 saturated carbocycles. The van der Waals surface area contributed by atoms with Gasteiger partial charge in [0, 0.05) is 0 Å². The zero-order valence-electron chi connectivity index (χ0n) is 13.5. The molecule has 0 bridgehead atoms. The van der Waals surface area contributed by atoms with E-state index in [4.69, 9.17) is 27.0 Å². The maximum Gasteiger partial charge on any atom is 0.325 e. The van der Waals surface area contributed by atoms with Crippen LogP contribution in [0.25, 0.3) is 6.08 Å². The molecule has 0 aliphatic carbocycles. The second kappa shape index (κ2) is 8.50. The fourth-order valence-electron chi connectivity index (χ4n) is 1.98. The highest BCUT2D eigenvalue weighted by Crippen LogP contribution is 2.34. The molecule has 2 rings (SSSR count). The van der Waals surface area contributed by atoms with Crippen LogP contribution in [0.2, 0.25) is 0 Å². The number of methoxy groups -OCH3 is 2. The highest BCUT2D eigenvalue weighted by molar-refractivity contribution is 8.26. The zero-order chi connectivity index (χ0) is 18.4. The number of nitriles is 1. The van der Waals surface area contributed by atoms with Gasteiger partial charge in [-0.3, -0.25) is 14.5 Å². The van der Waals surface area contributed by atoms with Crippen LogP contribution in [-0.4, -0.2) is 48.5 Å². The van der Waals surface area contributed by atoms with Gasteiger partial charge in [0.2, 0.25) is 0 Å². The minimum absolute atomic E-state index is 0.0953. The Labute approximate surface area is 154 Å². The molecule has 25 heavy (non-hydrogen) atoms. The maximum atomic E-state index is 12.4. The smallest absolute Gasteiger partial charge is 0.325 e. The Morgan fingerprint density at radius 3 is 2.80 bits per heavy atom. The average Bonchev–Trinajstić information content (AvgIpc) is 2.87. The van der Waals surface area contributed by atoms with Gasteiger partial charge in [-0.15, -0.1) is 0 Å². The number of rotatable bonds is 6. The Morgan fingerprint density at radius 1 is 1.40 bits per heavy atom. The average molecular weight is 378 g/mol. The van der Waals surface area contributed by atoms with E-state index in [-0.39, 0.29) is 19.1 Å². The van der Waals surface area contributed by atoms with Gasteiger partial charge in [-0.05, 0) is 23.8 Å². The van der Waals surface area contributed by atoms with Crippen molar-refractivity contribution in [2.45, 2.75) is 0 Å². The summed E-state index contributed by atoms with van der Waals surface area (Å²) >= 11 is 6.25. The van der Waals surface area contributed by atoms with Crippen molar-refractivity contribution in [1.82, 2.24) is 4.90 Å². The number of carbonyl (C=O) groups is 2. The highest BCUT2D eigenvalue weighted by Gasteiger charge is 2.33. The van der Waals surface area contributed by atoms with E-state index in [9.17, 15) is 9.59 Å². The summed E-state index contributed by atoms with van der Waals surface area (Å²) in [6, 6.07) is 6.94. The lowest BCUT2D eigenvalue weighted by atomic mass is 10.2. The van der Waals surface area contributed by atoms with Crippen LogP contribution in [-0.2, 0) is 14.3 Å². The Balaban J connectivity index is 2.23. The molecule has 1 fully saturated rings. The van der Waals surface area contributed by atoms with Crippen molar-refractivity contribution in [3.05, 3.63) is 28.7 Å². The van der Waals surface area contributed by atoms with Crippen molar-refractivity contribution in [2.75, 3.05) is 27.4 Å². The number of thiocarbonyl (C=S) groups is 1. The predicted octanol–water partition coefficient (Wildman–Crippen LogP) is 1.97. The third-order valence-electron chi connectivity index (χ3n) is 3.17. The molecule has 0 radical (unpaired) electrons. The first kappa shape index (κ1) is 18.8. The number of ether oxygens (including phenoxy) is 3. The first-order valence-electron chi connectivity index (χ1n) is 7.00. The van der Waals surface area contributed by atoms with E-state index in [2.05, 4.69) is 4.74 Å². The topological polar surface area (TPSA) is 88.9 Å². The summed E-state index contributed by atoms with van der Waals surface area (Å²) in [7, 11) is 2.73. The number of benzene rings is 1. The fraction of sp³-hybridized carbons (Fsp3) is 0.250. The van der Waals surface area contributed by atoms with E-state index >= 15 is 0 Å². The minimum atomic E-state index is -0.543. The Kier molecular flexibility index (Phi) is 6.38. The summed E-state index contributed by atoms with van der Waals surface area (Å²) in [5.74, 6) is -0.0316. The number of amides is 1. The molecule has 9 heteroatoms. The van der Waals surface area contributed by atoms with Gasteiger partial charge in [0.25, 0.3) is 5.91 Å². The monoisotopic (exact) mass is 378 g/mol. The Hall–Kier alpha value is -2.57. The molecular formula is C16H14N2O5S2.